The Labute approximate surface area is 150 Å². The zero-order valence-electron chi connectivity index (χ0n) is 13.8. The van der Waals surface area contributed by atoms with Crippen molar-refractivity contribution in [2.45, 2.75) is 17.9 Å². The molecule has 4 rings (SSSR count). The maximum atomic E-state index is 12.9. The molecule has 2 aromatic rings. The second-order valence-electron chi connectivity index (χ2n) is 6.56. The number of thiophene rings is 1. The molecule has 1 aromatic heterocycles. The van der Waals surface area contributed by atoms with Crippen LogP contribution in [0.15, 0.2) is 60.0 Å². The van der Waals surface area contributed by atoms with Crippen LogP contribution in [0.1, 0.15) is 27.6 Å². The van der Waals surface area contributed by atoms with Crippen LogP contribution < -0.4 is 5.32 Å². The van der Waals surface area contributed by atoms with Gasteiger partial charge in [0, 0.05) is 22.3 Å². The Balaban J connectivity index is 1.78. The third kappa shape index (κ3) is 2.42. The fraction of sp³-hybridized carbons (Fsp3) is 0.300. The Morgan fingerprint density at radius 1 is 1.16 bits per heavy atom. The van der Waals surface area contributed by atoms with Crippen LogP contribution in [0.3, 0.4) is 0 Å². The van der Waals surface area contributed by atoms with Gasteiger partial charge in [-0.15, -0.1) is 11.3 Å². The average Bonchev–Trinajstić information content (AvgIpc) is 3.38. The first-order valence-corrected chi connectivity index (χ1v) is 9.22. The van der Waals surface area contributed by atoms with Gasteiger partial charge >= 0.3 is 5.97 Å². The number of rotatable bonds is 4. The molecular formula is C20H19NO3S. The van der Waals surface area contributed by atoms with Gasteiger partial charge in [0.1, 0.15) is 0 Å². The van der Waals surface area contributed by atoms with Crippen molar-refractivity contribution in [3.63, 3.8) is 0 Å². The average molecular weight is 353 g/mol. The summed E-state index contributed by atoms with van der Waals surface area (Å²) in [5.74, 6) is -0.522. The van der Waals surface area contributed by atoms with Gasteiger partial charge in [0.15, 0.2) is 5.54 Å². The third-order valence-electron chi connectivity index (χ3n) is 5.35. The van der Waals surface area contributed by atoms with E-state index in [9.17, 15) is 9.59 Å². The number of ether oxygens (including phenoxy) is 1. The molecule has 2 bridgehead atoms. The molecule has 1 aromatic carbocycles. The molecule has 128 valence electrons. The van der Waals surface area contributed by atoms with Crippen molar-refractivity contribution in [1.82, 2.24) is 5.32 Å². The summed E-state index contributed by atoms with van der Waals surface area (Å²) >= 11 is 1.62. The number of nitrogens with one attached hydrogen (secondary N) is 1. The monoisotopic (exact) mass is 353 g/mol. The van der Waals surface area contributed by atoms with Gasteiger partial charge in [-0.25, -0.2) is 4.79 Å². The van der Waals surface area contributed by atoms with Gasteiger partial charge in [-0.2, -0.15) is 0 Å². The minimum Gasteiger partial charge on any atom is -0.467 e. The Morgan fingerprint density at radius 3 is 2.64 bits per heavy atom. The first-order valence-electron chi connectivity index (χ1n) is 8.34. The van der Waals surface area contributed by atoms with E-state index in [-0.39, 0.29) is 29.6 Å². The minimum absolute atomic E-state index is 0.0512. The summed E-state index contributed by atoms with van der Waals surface area (Å²) < 4.78 is 5.17. The molecule has 4 nitrogen and oxygen atoms in total. The number of amides is 1. The number of hydrogen-bond acceptors (Lipinski definition) is 4. The van der Waals surface area contributed by atoms with Crippen LogP contribution >= 0.6 is 11.3 Å². The maximum Gasteiger partial charge on any atom is 0.332 e. The number of fused-ring (bicyclic) bond motifs is 2. The van der Waals surface area contributed by atoms with Gasteiger partial charge in [-0.1, -0.05) is 36.4 Å². The summed E-state index contributed by atoms with van der Waals surface area (Å²) in [4.78, 5) is 26.9. The standard InChI is InChI=1S/C20H19NO3S/c1-24-19(23)20(21-18(22)13-6-3-2-4-7-13)15-10-9-14(12-15)17(20)16-8-5-11-25-16/h2-11,14-15,17H,12H2,1H3,(H,21,22)/t14-,15+,17-,20-/m0/s1. The summed E-state index contributed by atoms with van der Waals surface area (Å²) in [6.45, 7) is 0. The van der Waals surface area contributed by atoms with Gasteiger partial charge < -0.3 is 10.1 Å². The van der Waals surface area contributed by atoms with Crippen molar-refractivity contribution in [1.29, 1.82) is 0 Å². The first-order chi connectivity index (χ1) is 12.2. The van der Waals surface area contributed by atoms with Crippen LogP contribution in [-0.4, -0.2) is 24.5 Å². The minimum atomic E-state index is -1.05. The van der Waals surface area contributed by atoms with Crippen LogP contribution in [-0.2, 0) is 9.53 Å². The van der Waals surface area contributed by atoms with Crippen LogP contribution in [0.5, 0.6) is 0 Å². The van der Waals surface area contributed by atoms with E-state index in [0.717, 1.165) is 11.3 Å². The second kappa shape index (κ2) is 6.15. The number of allylic oxidation sites excluding steroid dienone is 1. The molecular weight excluding hydrogens is 334 g/mol. The maximum absolute atomic E-state index is 12.9. The molecule has 5 heteroatoms. The lowest BCUT2D eigenvalue weighted by Crippen LogP contribution is -2.61. The van der Waals surface area contributed by atoms with Crippen molar-refractivity contribution >= 4 is 23.2 Å². The highest BCUT2D eigenvalue weighted by molar-refractivity contribution is 7.10. The number of benzene rings is 1. The molecule has 4 atom stereocenters. The largest absolute Gasteiger partial charge is 0.467 e. The highest BCUT2D eigenvalue weighted by Crippen LogP contribution is 2.56. The fourth-order valence-corrected chi connectivity index (χ4v) is 5.28. The number of hydrogen-bond donors (Lipinski definition) is 1. The van der Waals surface area contributed by atoms with Gasteiger partial charge in [0.25, 0.3) is 5.91 Å². The summed E-state index contributed by atoms with van der Waals surface area (Å²) in [6, 6.07) is 13.0. The molecule has 0 aliphatic heterocycles. The molecule has 2 aliphatic rings. The van der Waals surface area contributed by atoms with E-state index in [1.54, 1.807) is 23.5 Å². The summed E-state index contributed by atoms with van der Waals surface area (Å²) in [7, 11) is 1.39. The van der Waals surface area contributed by atoms with Crippen molar-refractivity contribution in [2.24, 2.45) is 11.8 Å². The zero-order valence-corrected chi connectivity index (χ0v) is 14.7. The third-order valence-corrected chi connectivity index (χ3v) is 6.30. The quantitative estimate of drug-likeness (QED) is 0.677. The smallest absolute Gasteiger partial charge is 0.332 e. The molecule has 0 unspecified atom stereocenters. The molecule has 1 saturated carbocycles. The van der Waals surface area contributed by atoms with Crippen molar-refractivity contribution in [3.8, 4) is 0 Å². The number of carbonyl (C=O) groups excluding carboxylic acids is 2. The molecule has 0 saturated heterocycles. The Morgan fingerprint density at radius 2 is 1.96 bits per heavy atom. The highest BCUT2D eigenvalue weighted by Gasteiger charge is 2.63. The van der Waals surface area contributed by atoms with E-state index in [2.05, 4.69) is 17.5 Å². The normalized spacial score (nSPS) is 29.6. The van der Waals surface area contributed by atoms with Crippen molar-refractivity contribution in [2.75, 3.05) is 7.11 Å². The van der Waals surface area contributed by atoms with Crippen LogP contribution in [0.25, 0.3) is 0 Å². The first kappa shape index (κ1) is 16.1. The lowest BCUT2D eigenvalue weighted by molar-refractivity contribution is -0.150. The second-order valence-corrected chi connectivity index (χ2v) is 7.54. The predicted molar refractivity (Wildman–Crippen MR) is 96.5 cm³/mol. The fourth-order valence-electron chi connectivity index (χ4n) is 4.30. The summed E-state index contributed by atoms with van der Waals surface area (Å²) in [5, 5.41) is 5.08. The van der Waals surface area contributed by atoms with E-state index in [4.69, 9.17) is 4.74 Å². The molecule has 2 aliphatic carbocycles. The summed E-state index contributed by atoms with van der Waals surface area (Å²) in [5.41, 5.74) is -0.506. The van der Waals surface area contributed by atoms with E-state index in [0.29, 0.717) is 5.56 Å². The van der Waals surface area contributed by atoms with Crippen LogP contribution in [0, 0.1) is 11.8 Å². The molecule has 25 heavy (non-hydrogen) atoms. The van der Waals surface area contributed by atoms with Gasteiger partial charge in [-0.3, -0.25) is 4.79 Å². The van der Waals surface area contributed by atoms with E-state index in [1.165, 1.54) is 7.11 Å². The van der Waals surface area contributed by atoms with Gasteiger partial charge in [0.05, 0.1) is 7.11 Å². The topological polar surface area (TPSA) is 55.4 Å². The van der Waals surface area contributed by atoms with Crippen molar-refractivity contribution < 1.29 is 14.3 Å². The Bertz CT molecular complexity index is 815. The van der Waals surface area contributed by atoms with E-state index >= 15 is 0 Å². The predicted octanol–water partition coefficient (Wildman–Crippen LogP) is 3.38. The van der Waals surface area contributed by atoms with Crippen LogP contribution in [0.2, 0.25) is 0 Å². The lowest BCUT2D eigenvalue weighted by atomic mass is 9.74. The Hall–Kier alpha value is -2.40. The van der Waals surface area contributed by atoms with Crippen molar-refractivity contribution in [3.05, 3.63) is 70.4 Å². The SMILES string of the molecule is COC(=O)[C@]1(NC(=O)c2ccccc2)[C@@H]2C=C[C@@H](C2)[C@H]1c1cccs1. The number of methoxy groups -OCH3 is 1. The van der Waals surface area contributed by atoms with Gasteiger partial charge in [0.2, 0.25) is 0 Å². The Kier molecular flexibility index (Phi) is 3.96. The lowest BCUT2D eigenvalue weighted by Gasteiger charge is -2.39. The molecule has 1 N–H and O–H groups in total. The molecule has 1 heterocycles. The van der Waals surface area contributed by atoms with Crippen LogP contribution in [0.4, 0.5) is 0 Å². The zero-order chi connectivity index (χ0) is 17.4. The van der Waals surface area contributed by atoms with Gasteiger partial charge in [-0.05, 0) is 35.9 Å². The summed E-state index contributed by atoms with van der Waals surface area (Å²) in [6.07, 6.45) is 5.08. The van der Waals surface area contributed by atoms with E-state index < -0.39 is 5.54 Å². The molecule has 0 radical (unpaired) electrons. The number of esters is 1. The highest BCUT2D eigenvalue weighted by atomic mass is 32.1. The molecule has 0 spiro atoms. The number of carbonyl (C=O) groups is 2. The van der Waals surface area contributed by atoms with E-state index in [1.807, 2.05) is 35.7 Å². The molecule has 1 fully saturated rings. The molecule has 1 amide bonds.